The number of aryl methyl sites for hydroxylation is 1. The molecule has 5 nitrogen and oxygen atoms in total. The molecule has 1 aliphatic heterocycles. The molecule has 0 atom stereocenters. The Labute approximate surface area is 140 Å². The van der Waals surface area contributed by atoms with Gasteiger partial charge in [-0.15, -0.1) is 0 Å². The molecule has 1 saturated heterocycles. The summed E-state index contributed by atoms with van der Waals surface area (Å²) in [5, 5.41) is 1.58. The van der Waals surface area contributed by atoms with Gasteiger partial charge < -0.3 is 9.64 Å². The second-order valence-electron chi connectivity index (χ2n) is 6.40. The van der Waals surface area contributed by atoms with Crippen LogP contribution in [0.25, 0.3) is 0 Å². The van der Waals surface area contributed by atoms with Gasteiger partial charge in [-0.1, -0.05) is 23.4 Å². The largest absolute Gasteiger partial charge is 0.444 e. The van der Waals surface area contributed by atoms with E-state index < -0.39 is 5.60 Å². The Bertz CT molecular complexity index is 520. The Morgan fingerprint density at radius 2 is 2.00 bits per heavy atom. The molecule has 1 fully saturated rings. The first kappa shape index (κ1) is 17.3. The van der Waals surface area contributed by atoms with Gasteiger partial charge in [-0.25, -0.2) is 14.8 Å². The van der Waals surface area contributed by atoms with E-state index in [2.05, 4.69) is 9.97 Å². The molecule has 122 valence electrons. The van der Waals surface area contributed by atoms with Gasteiger partial charge in [0, 0.05) is 24.0 Å². The molecule has 0 spiro atoms. The van der Waals surface area contributed by atoms with E-state index >= 15 is 0 Å². The number of halogens is 1. The van der Waals surface area contributed by atoms with Crippen molar-refractivity contribution < 1.29 is 9.53 Å². The third-order valence-corrected chi connectivity index (χ3v) is 4.56. The summed E-state index contributed by atoms with van der Waals surface area (Å²) in [4.78, 5) is 22.4. The van der Waals surface area contributed by atoms with E-state index in [4.69, 9.17) is 16.3 Å². The summed E-state index contributed by atoms with van der Waals surface area (Å²) < 4.78 is 5.40. The van der Waals surface area contributed by atoms with E-state index in [1.807, 2.05) is 27.7 Å². The highest BCUT2D eigenvalue weighted by Gasteiger charge is 2.27. The summed E-state index contributed by atoms with van der Waals surface area (Å²) in [7, 11) is 0. The third-order valence-electron chi connectivity index (χ3n) is 3.17. The summed E-state index contributed by atoms with van der Waals surface area (Å²) in [6, 6.07) is 1.75. The molecule has 1 amide bonds. The molecule has 2 heterocycles. The van der Waals surface area contributed by atoms with E-state index in [0.717, 1.165) is 18.5 Å². The first-order valence-corrected chi connectivity index (χ1v) is 8.64. The zero-order chi connectivity index (χ0) is 16.3. The standard InChI is InChI=1S/C15H22ClN3O2S/c1-10-9-12(16)18-13(17-10)22-11-5-7-19(8-6-11)14(20)21-15(2,3)4/h9,11H,5-8H2,1-4H3. The predicted molar refractivity (Wildman–Crippen MR) is 88.5 cm³/mol. The Morgan fingerprint density at radius 3 is 2.55 bits per heavy atom. The van der Waals surface area contributed by atoms with Gasteiger partial charge in [0.25, 0.3) is 0 Å². The van der Waals surface area contributed by atoms with Crippen LogP contribution >= 0.6 is 23.4 Å². The highest BCUT2D eigenvalue weighted by molar-refractivity contribution is 7.99. The fourth-order valence-corrected chi connectivity index (χ4v) is 3.57. The molecule has 2 rings (SSSR count). The Balaban J connectivity index is 1.86. The van der Waals surface area contributed by atoms with Crippen LogP contribution in [0.3, 0.4) is 0 Å². The molecule has 1 aliphatic rings. The number of carbonyl (C=O) groups excluding carboxylic acids is 1. The molecule has 22 heavy (non-hydrogen) atoms. The lowest BCUT2D eigenvalue weighted by Crippen LogP contribution is -2.42. The Hall–Kier alpha value is -1.01. The lowest BCUT2D eigenvalue weighted by atomic mass is 10.1. The highest BCUT2D eigenvalue weighted by Crippen LogP contribution is 2.29. The van der Waals surface area contributed by atoms with Crippen molar-refractivity contribution in [2.24, 2.45) is 0 Å². The van der Waals surface area contributed by atoms with Crippen LogP contribution in [0, 0.1) is 6.92 Å². The second kappa shape index (κ2) is 7.04. The predicted octanol–water partition coefficient (Wildman–Crippen LogP) is 3.93. The lowest BCUT2D eigenvalue weighted by molar-refractivity contribution is 0.0219. The molecule has 7 heteroatoms. The minimum atomic E-state index is -0.450. The molecule has 0 saturated carbocycles. The molecule has 0 aliphatic carbocycles. The summed E-state index contributed by atoms with van der Waals surface area (Å²) >= 11 is 7.59. The fraction of sp³-hybridized carbons (Fsp3) is 0.667. The third kappa shape index (κ3) is 5.32. The maximum Gasteiger partial charge on any atom is 0.410 e. The Morgan fingerprint density at radius 1 is 1.36 bits per heavy atom. The molecule has 1 aromatic heterocycles. The number of piperidine rings is 1. The van der Waals surface area contributed by atoms with Crippen molar-refractivity contribution in [2.75, 3.05) is 13.1 Å². The molecule has 0 bridgehead atoms. The number of nitrogens with zero attached hydrogens (tertiary/aromatic N) is 3. The maximum atomic E-state index is 12.0. The number of hydrogen-bond donors (Lipinski definition) is 0. The normalized spacial score (nSPS) is 16.7. The number of hydrogen-bond acceptors (Lipinski definition) is 5. The van der Waals surface area contributed by atoms with Crippen molar-refractivity contribution in [3.05, 3.63) is 16.9 Å². The quantitative estimate of drug-likeness (QED) is 0.601. The summed E-state index contributed by atoms with van der Waals surface area (Å²) in [6.45, 7) is 8.95. The van der Waals surface area contributed by atoms with Gasteiger partial charge >= 0.3 is 6.09 Å². The van der Waals surface area contributed by atoms with Crippen LogP contribution in [-0.2, 0) is 4.74 Å². The van der Waals surface area contributed by atoms with E-state index in [1.54, 1.807) is 22.7 Å². The number of carbonyl (C=O) groups is 1. The van der Waals surface area contributed by atoms with E-state index in [9.17, 15) is 4.79 Å². The number of rotatable bonds is 2. The Kier molecular flexibility index (Phi) is 5.55. The van der Waals surface area contributed by atoms with Gasteiger partial charge in [0.1, 0.15) is 10.8 Å². The minimum absolute atomic E-state index is 0.231. The van der Waals surface area contributed by atoms with Crippen molar-refractivity contribution >= 4 is 29.5 Å². The number of amides is 1. The van der Waals surface area contributed by atoms with Gasteiger partial charge in [0.15, 0.2) is 5.16 Å². The van der Waals surface area contributed by atoms with Crippen LogP contribution < -0.4 is 0 Å². The molecule has 1 aromatic rings. The van der Waals surface area contributed by atoms with Gasteiger partial charge in [-0.3, -0.25) is 0 Å². The number of ether oxygens (including phenoxy) is 1. The maximum absolute atomic E-state index is 12.0. The van der Waals surface area contributed by atoms with Crippen molar-refractivity contribution in [2.45, 2.75) is 56.5 Å². The number of aromatic nitrogens is 2. The van der Waals surface area contributed by atoms with Crippen LogP contribution in [0.15, 0.2) is 11.2 Å². The van der Waals surface area contributed by atoms with Crippen molar-refractivity contribution in [3.63, 3.8) is 0 Å². The van der Waals surface area contributed by atoms with Crippen LogP contribution in [-0.4, -0.2) is 44.9 Å². The summed E-state index contributed by atoms with van der Waals surface area (Å²) in [5.41, 5.74) is 0.420. The molecule has 0 aromatic carbocycles. The van der Waals surface area contributed by atoms with E-state index in [-0.39, 0.29) is 6.09 Å². The lowest BCUT2D eigenvalue weighted by Gasteiger charge is -2.32. The summed E-state index contributed by atoms with van der Waals surface area (Å²) in [5.74, 6) is 0. The minimum Gasteiger partial charge on any atom is -0.444 e. The zero-order valence-electron chi connectivity index (χ0n) is 13.4. The number of thioether (sulfide) groups is 1. The number of likely N-dealkylation sites (tertiary alicyclic amines) is 1. The van der Waals surface area contributed by atoms with E-state index in [1.165, 1.54) is 0 Å². The highest BCUT2D eigenvalue weighted by atomic mass is 35.5. The smallest absolute Gasteiger partial charge is 0.410 e. The average Bonchev–Trinajstić information content (AvgIpc) is 2.36. The second-order valence-corrected chi connectivity index (χ2v) is 8.05. The van der Waals surface area contributed by atoms with E-state index in [0.29, 0.717) is 28.6 Å². The SMILES string of the molecule is Cc1cc(Cl)nc(SC2CCN(C(=O)OC(C)(C)C)CC2)n1. The van der Waals surface area contributed by atoms with Crippen molar-refractivity contribution in [1.29, 1.82) is 0 Å². The average molecular weight is 344 g/mol. The first-order valence-electron chi connectivity index (χ1n) is 7.39. The topological polar surface area (TPSA) is 55.3 Å². The van der Waals surface area contributed by atoms with Gasteiger partial charge in [0.05, 0.1) is 0 Å². The van der Waals surface area contributed by atoms with Crippen LogP contribution in [0.4, 0.5) is 4.79 Å². The van der Waals surface area contributed by atoms with Crippen molar-refractivity contribution in [3.8, 4) is 0 Å². The molecular weight excluding hydrogens is 322 g/mol. The van der Waals surface area contributed by atoms with Crippen molar-refractivity contribution in [1.82, 2.24) is 14.9 Å². The zero-order valence-corrected chi connectivity index (χ0v) is 15.0. The van der Waals surface area contributed by atoms with Gasteiger partial charge in [0.2, 0.25) is 0 Å². The fourth-order valence-electron chi connectivity index (χ4n) is 2.19. The summed E-state index contributed by atoms with van der Waals surface area (Å²) in [6.07, 6.45) is 1.57. The molecular formula is C15H22ClN3O2S. The van der Waals surface area contributed by atoms with Gasteiger partial charge in [-0.05, 0) is 46.6 Å². The first-order chi connectivity index (χ1) is 10.2. The molecule has 0 N–H and O–H groups in total. The van der Waals surface area contributed by atoms with Crippen LogP contribution in [0.1, 0.15) is 39.3 Å². The van der Waals surface area contributed by atoms with Crippen LogP contribution in [0.5, 0.6) is 0 Å². The monoisotopic (exact) mass is 343 g/mol. The molecule has 0 radical (unpaired) electrons. The molecule has 0 unspecified atom stereocenters. The van der Waals surface area contributed by atoms with Crippen LogP contribution in [0.2, 0.25) is 5.15 Å². The van der Waals surface area contributed by atoms with Gasteiger partial charge in [-0.2, -0.15) is 0 Å².